The van der Waals surface area contributed by atoms with Crippen LogP contribution < -0.4 is 4.74 Å². The van der Waals surface area contributed by atoms with Gasteiger partial charge in [-0.2, -0.15) is 0 Å². The van der Waals surface area contributed by atoms with E-state index in [1.807, 2.05) is 0 Å². The largest absolute Gasteiger partial charge is 0.497 e. The third-order valence-corrected chi connectivity index (χ3v) is 4.64. The predicted octanol–water partition coefficient (Wildman–Crippen LogP) is -0.244. The van der Waals surface area contributed by atoms with Gasteiger partial charge in [0.05, 0.1) is 31.0 Å². The lowest BCUT2D eigenvalue weighted by Gasteiger charge is -2.19. The molecule has 114 valence electrons. The predicted molar refractivity (Wildman–Crippen MR) is 75.7 cm³/mol. The Balaban J connectivity index is 2.68. The van der Waals surface area contributed by atoms with Gasteiger partial charge in [0.2, 0.25) is 0 Å². The lowest BCUT2D eigenvalue weighted by atomic mass is 10.3. The van der Waals surface area contributed by atoms with Crippen LogP contribution in [0, 0.1) is 0 Å². The number of hydrogen-bond donors (Lipinski definition) is 2. The van der Waals surface area contributed by atoms with Gasteiger partial charge in [0.25, 0.3) is 0 Å². The van der Waals surface area contributed by atoms with Crippen LogP contribution in [0.1, 0.15) is 0 Å². The summed E-state index contributed by atoms with van der Waals surface area (Å²) in [6.07, 6.45) is 0. The number of nitrogens with zero attached hydrogens (tertiary/aromatic N) is 1. The van der Waals surface area contributed by atoms with Crippen molar-refractivity contribution in [1.82, 2.24) is 4.90 Å². The Hall–Kier alpha value is -1.15. The highest BCUT2D eigenvalue weighted by Crippen LogP contribution is 2.16. The van der Waals surface area contributed by atoms with Crippen LogP contribution in [0.2, 0.25) is 0 Å². The van der Waals surface area contributed by atoms with Crippen molar-refractivity contribution < 1.29 is 23.4 Å². The first kappa shape index (κ1) is 16.9. The number of hydrogen-bond acceptors (Lipinski definition) is 6. The van der Waals surface area contributed by atoms with Crippen molar-refractivity contribution in [1.29, 1.82) is 0 Å². The molecular weight excluding hydrogens is 282 g/mol. The third kappa shape index (κ3) is 5.09. The van der Waals surface area contributed by atoms with E-state index in [0.717, 1.165) is 0 Å². The second kappa shape index (κ2) is 8.21. The van der Waals surface area contributed by atoms with Crippen molar-refractivity contribution in [3.8, 4) is 5.75 Å². The van der Waals surface area contributed by atoms with Crippen LogP contribution in [0.5, 0.6) is 5.75 Å². The maximum absolute atomic E-state index is 12.2. The molecule has 0 aliphatic carbocycles. The summed E-state index contributed by atoms with van der Waals surface area (Å²) in [5.74, 6) is 0.547. The molecular formula is C13H21NO5S. The molecule has 0 radical (unpaired) electrons. The molecule has 20 heavy (non-hydrogen) atoms. The van der Waals surface area contributed by atoms with Crippen molar-refractivity contribution in [2.45, 2.75) is 4.90 Å². The minimum Gasteiger partial charge on any atom is -0.497 e. The molecule has 0 heterocycles. The van der Waals surface area contributed by atoms with Gasteiger partial charge in [-0.25, -0.2) is 8.42 Å². The van der Waals surface area contributed by atoms with Crippen LogP contribution in [0.25, 0.3) is 0 Å². The first-order valence-corrected chi connectivity index (χ1v) is 7.99. The number of benzene rings is 1. The van der Waals surface area contributed by atoms with E-state index in [-0.39, 0.29) is 30.4 Å². The highest BCUT2D eigenvalue weighted by atomic mass is 32.2. The molecule has 0 atom stereocenters. The van der Waals surface area contributed by atoms with Crippen LogP contribution in [0.4, 0.5) is 0 Å². The Kier molecular flexibility index (Phi) is 6.94. The van der Waals surface area contributed by atoms with E-state index < -0.39 is 9.84 Å². The van der Waals surface area contributed by atoms with Gasteiger partial charge in [0.1, 0.15) is 5.75 Å². The molecule has 0 bridgehead atoms. The molecule has 7 heteroatoms. The minimum atomic E-state index is -3.38. The quantitative estimate of drug-likeness (QED) is 0.654. The fourth-order valence-electron chi connectivity index (χ4n) is 1.77. The maximum Gasteiger partial charge on any atom is 0.179 e. The van der Waals surface area contributed by atoms with Gasteiger partial charge in [0.15, 0.2) is 9.84 Å². The van der Waals surface area contributed by atoms with Gasteiger partial charge >= 0.3 is 0 Å². The summed E-state index contributed by atoms with van der Waals surface area (Å²) < 4.78 is 29.3. The monoisotopic (exact) mass is 303 g/mol. The van der Waals surface area contributed by atoms with E-state index in [1.165, 1.54) is 19.2 Å². The number of rotatable bonds is 9. The molecule has 0 saturated heterocycles. The zero-order valence-corrected chi connectivity index (χ0v) is 12.3. The Morgan fingerprint density at radius 2 is 1.60 bits per heavy atom. The van der Waals surface area contributed by atoms with Crippen molar-refractivity contribution in [2.75, 3.05) is 45.7 Å². The Labute approximate surface area is 119 Å². The summed E-state index contributed by atoms with van der Waals surface area (Å²) in [7, 11) is -1.86. The molecule has 6 nitrogen and oxygen atoms in total. The number of ether oxygens (including phenoxy) is 1. The average molecular weight is 303 g/mol. The molecule has 0 saturated carbocycles. The SMILES string of the molecule is COc1ccc(S(=O)(=O)CCN(CCO)CCO)cc1. The van der Waals surface area contributed by atoms with E-state index in [9.17, 15) is 8.42 Å². The smallest absolute Gasteiger partial charge is 0.179 e. The Bertz CT molecular complexity index is 480. The number of sulfone groups is 1. The van der Waals surface area contributed by atoms with Crippen molar-refractivity contribution in [3.05, 3.63) is 24.3 Å². The molecule has 2 N–H and O–H groups in total. The van der Waals surface area contributed by atoms with Crippen LogP contribution in [0.3, 0.4) is 0 Å². The molecule has 1 aromatic carbocycles. The molecule has 0 aliphatic rings. The first-order valence-electron chi connectivity index (χ1n) is 6.34. The van der Waals surface area contributed by atoms with Gasteiger partial charge in [-0.15, -0.1) is 0 Å². The fourth-order valence-corrected chi connectivity index (χ4v) is 3.05. The van der Waals surface area contributed by atoms with Crippen molar-refractivity contribution in [2.24, 2.45) is 0 Å². The van der Waals surface area contributed by atoms with E-state index in [1.54, 1.807) is 17.0 Å². The Morgan fingerprint density at radius 1 is 1.05 bits per heavy atom. The summed E-state index contributed by atoms with van der Waals surface area (Å²) in [6.45, 7) is 0.831. The van der Waals surface area contributed by atoms with Crippen LogP contribution in [0.15, 0.2) is 29.2 Å². The van der Waals surface area contributed by atoms with Crippen LogP contribution in [-0.4, -0.2) is 69.2 Å². The standard InChI is InChI=1S/C13H21NO5S/c1-19-12-2-4-13(5-3-12)20(17,18)11-8-14(6-9-15)7-10-16/h2-5,15-16H,6-11H2,1H3. The van der Waals surface area contributed by atoms with Crippen molar-refractivity contribution >= 4 is 9.84 Å². The second-order valence-corrected chi connectivity index (χ2v) is 6.39. The molecule has 1 aromatic rings. The normalized spacial score (nSPS) is 11.8. The van der Waals surface area contributed by atoms with Gasteiger partial charge in [-0.05, 0) is 24.3 Å². The summed E-state index contributed by atoms with van der Waals surface area (Å²) in [4.78, 5) is 1.95. The van der Waals surface area contributed by atoms with Gasteiger partial charge < -0.3 is 14.9 Å². The molecule has 0 amide bonds. The van der Waals surface area contributed by atoms with Crippen molar-refractivity contribution in [3.63, 3.8) is 0 Å². The number of aliphatic hydroxyl groups is 2. The molecule has 0 fully saturated rings. The van der Waals surface area contributed by atoms with Gasteiger partial charge in [-0.3, -0.25) is 4.90 Å². The van der Waals surface area contributed by atoms with Gasteiger partial charge in [0, 0.05) is 19.6 Å². The van der Waals surface area contributed by atoms with E-state index in [2.05, 4.69) is 0 Å². The van der Waals surface area contributed by atoms with E-state index >= 15 is 0 Å². The second-order valence-electron chi connectivity index (χ2n) is 4.28. The Morgan fingerprint density at radius 3 is 2.05 bits per heavy atom. The third-order valence-electron chi connectivity index (χ3n) is 2.93. The summed E-state index contributed by atoms with van der Waals surface area (Å²) >= 11 is 0. The lowest BCUT2D eigenvalue weighted by molar-refractivity contribution is 0.167. The van der Waals surface area contributed by atoms with E-state index in [0.29, 0.717) is 18.8 Å². The molecule has 1 rings (SSSR count). The minimum absolute atomic E-state index is 0.0562. The maximum atomic E-state index is 12.2. The van der Waals surface area contributed by atoms with Crippen LogP contribution >= 0.6 is 0 Å². The lowest BCUT2D eigenvalue weighted by Crippen LogP contribution is -2.34. The number of methoxy groups -OCH3 is 1. The molecule has 0 unspecified atom stereocenters. The van der Waals surface area contributed by atoms with E-state index in [4.69, 9.17) is 14.9 Å². The fraction of sp³-hybridized carbons (Fsp3) is 0.538. The average Bonchev–Trinajstić information content (AvgIpc) is 2.45. The zero-order valence-electron chi connectivity index (χ0n) is 11.5. The summed E-state index contributed by atoms with van der Waals surface area (Å²) in [6, 6.07) is 6.23. The summed E-state index contributed by atoms with van der Waals surface area (Å²) in [5, 5.41) is 17.8. The number of aliphatic hydroxyl groups excluding tert-OH is 2. The molecule has 0 aliphatic heterocycles. The highest BCUT2D eigenvalue weighted by Gasteiger charge is 2.16. The first-order chi connectivity index (χ1) is 9.53. The van der Waals surface area contributed by atoms with Crippen LogP contribution in [-0.2, 0) is 9.84 Å². The zero-order chi connectivity index (χ0) is 15.0. The molecule has 0 aromatic heterocycles. The molecule has 0 spiro atoms. The topological polar surface area (TPSA) is 87.1 Å². The highest BCUT2D eigenvalue weighted by molar-refractivity contribution is 7.91. The summed E-state index contributed by atoms with van der Waals surface area (Å²) in [5.41, 5.74) is 0. The van der Waals surface area contributed by atoms with Gasteiger partial charge in [-0.1, -0.05) is 0 Å².